The van der Waals surface area contributed by atoms with E-state index in [4.69, 9.17) is 4.74 Å². The van der Waals surface area contributed by atoms with Crippen molar-refractivity contribution in [3.05, 3.63) is 12.3 Å². The van der Waals surface area contributed by atoms with Gasteiger partial charge in [-0.2, -0.15) is 0 Å². The Balaban J connectivity index is 0.000000561. The maximum atomic E-state index is 5.16. The van der Waals surface area contributed by atoms with E-state index in [9.17, 15) is 0 Å². The van der Waals surface area contributed by atoms with Crippen LogP contribution in [0, 0.1) is 0 Å². The normalized spacial score (nSPS) is 8.67. The van der Waals surface area contributed by atoms with Crippen LogP contribution in [0.4, 0.5) is 0 Å². The Hall–Kier alpha value is -0.990. The Kier molecular flexibility index (Phi) is 6.15. The summed E-state index contributed by atoms with van der Waals surface area (Å²) in [6.07, 6.45) is 1.91. The van der Waals surface area contributed by atoms with Crippen molar-refractivity contribution in [3.8, 4) is 5.88 Å². The molecule has 0 radical (unpaired) electrons. The van der Waals surface area contributed by atoms with Crippen molar-refractivity contribution in [2.75, 3.05) is 6.61 Å². The number of aromatic nitrogens is 2. The number of hydrogen-bond acceptors (Lipinski definition) is 2. The summed E-state index contributed by atoms with van der Waals surface area (Å²) in [4.78, 5) is 0. The van der Waals surface area contributed by atoms with Gasteiger partial charge in [-0.3, -0.25) is 4.68 Å². The molecule has 0 saturated heterocycles. The molecule has 0 spiro atoms. The smallest absolute Gasteiger partial charge is 0.232 e. The van der Waals surface area contributed by atoms with Crippen molar-refractivity contribution < 1.29 is 4.74 Å². The second-order valence-corrected chi connectivity index (χ2v) is 1.94. The standard InChI is InChI=1S/C7H12N2O.C2H6/c1-3-9-6-5-7(8-9)10-4-2;1-2/h5-6H,3-4H2,1-2H3;1-2H3. The number of nitrogens with zero attached hydrogens (tertiary/aromatic N) is 2. The molecule has 0 atom stereocenters. The SMILES string of the molecule is CC.CCOc1ccn(CC)n1. The van der Waals surface area contributed by atoms with Crippen LogP contribution in [0.2, 0.25) is 0 Å². The molecule has 70 valence electrons. The van der Waals surface area contributed by atoms with Crippen LogP contribution in [0.1, 0.15) is 27.7 Å². The summed E-state index contributed by atoms with van der Waals surface area (Å²) in [7, 11) is 0. The predicted molar refractivity (Wildman–Crippen MR) is 50.4 cm³/mol. The van der Waals surface area contributed by atoms with Crippen LogP contribution in [0.15, 0.2) is 12.3 Å². The van der Waals surface area contributed by atoms with Gasteiger partial charge in [0.1, 0.15) is 0 Å². The first-order valence-electron chi connectivity index (χ1n) is 4.53. The van der Waals surface area contributed by atoms with Gasteiger partial charge in [-0.15, -0.1) is 5.10 Å². The van der Waals surface area contributed by atoms with Crippen molar-refractivity contribution in [2.45, 2.75) is 34.2 Å². The summed E-state index contributed by atoms with van der Waals surface area (Å²) in [5.74, 6) is 0.712. The summed E-state index contributed by atoms with van der Waals surface area (Å²) in [6.45, 7) is 9.57. The molecule has 3 heteroatoms. The van der Waals surface area contributed by atoms with Gasteiger partial charge < -0.3 is 4.74 Å². The number of rotatable bonds is 3. The average molecular weight is 170 g/mol. The summed E-state index contributed by atoms with van der Waals surface area (Å²) < 4.78 is 6.99. The highest BCUT2D eigenvalue weighted by Crippen LogP contribution is 2.04. The third kappa shape index (κ3) is 3.42. The van der Waals surface area contributed by atoms with Gasteiger partial charge in [0, 0.05) is 18.8 Å². The number of hydrogen-bond donors (Lipinski definition) is 0. The lowest BCUT2D eigenvalue weighted by molar-refractivity contribution is 0.322. The van der Waals surface area contributed by atoms with Crippen LogP contribution < -0.4 is 4.74 Å². The molecule has 1 aromatic rings. The van der Waals surface area contributed by atoms with Crippen molar-refractivity contribution in [1.82, 2.24) is 9.78 Å². The molecule has 12 heavy (non-hydrogen) atoms. The van der Waals surface area contributed by atoms with Crippen molar-refractivity contribution in [1.29, 1.82) is 0 Å². The van der Waals surface area contributed by atoms with Gasteiger partial charge in [0.25, 0.3) is 0 Å². The molecule has 0 amide bonds. The molecule has 0 aliphatic rings. The zero-order valence-electron chi connectivity index (χ0n) is 8.37. The van der Waals surface area contributed by atoms with E-state index in [0.717, 1.165) is 6.54 Å². The molecule has 0 aliphatic heterocycles. The second kappa shape index (κ2) is 6.70. The van der Waals surface area contributed by atoms with Crippen LogP contribution in [0.3, 0.4) is 0 Å². The predicted octanol–water partition coefficient (Wildman–Crippen LogP) is 2.33. The first-order valence-corrected chi connectivity index (χ1v) is 4.53. The van der Waals surface area contributed by atoms with Crippen LogP contribution in [0.25, 0.3) is 0 Å². The molecule has 1 rings (SSSR count). The highest BCUT2D eigenvalue weighted by atomic mass is 16.5. The van der Waals surface area contributed by atoms with Gasteiger partial charge in [-0.25, -0.2) is 0 Å². The Bertz CT molecular complexity index is 196. The van der Waals surface area contributed by atoms with Gasteiger partial charge in [-0.05, 0) is 13.8 Å². The third-order valence-corrected chi connectivity index (χ3v) is 1.23. The highest BCUT2D eigenvalue weighted by Gasteiger charge is 1.94. The molecule has 0 aliphatic carbocycles. The van der Waals surface area contributed by atoms with E-state index in [0.29, 0.717) is 12.5 Å². The van der Waals surface area contributed by atoms with Crippen molar-refractivity contribution in [3.63, 3.8) is 0 Å². The Labute approximate surface area is 74.3 Å². The Morgan fingerprint density at radius 3 is 2.50 bits per heavy atom. The van der Waals surface area contributed by atoms with Crippen LogP contribution in [0.5, 0.6) is 5.88 Å². The number of ether oxygens (including phenoxy) is 1. The number of aryl methyl sites for hydroxylation is 1. The van der Waals surface area contributed by atoms with Gasteiger partial charge in [-0.1, -0.05) is 13.8 Å². The highest BCUT2D eigenvalue weighted by molar-refractivity contribution is 5.05. The van der Waals surface area contributed by atoms with E-state index in [1.807, 2.05) is 44.6 Å². The largest absolute Gasteiger partial charge is 0.477 e. The minimum absolute atomic E-state index is 0.681. The summed E-state index contributed by atoms with van der Waals surface area (Å²) in [6, 6.07) is 1.87. The fourth-order valence-electron chi connectivity index (χ4n) is 0.744. The lowest BCUT2D eigenvalue weighted by Gasteiger charge is -1.95. The topological polar surface area (TPSA) is 27.1 Å². The molecular formula is C9H18N2O. The van der Waals surface area contributed by atoms with E-state index in [1.165, 1.54) is 0 Å². The lowest BCUT2D eigenvalue weighted by atomic mass is 10.7. The zero-order valence-corrected chi connectivity index (χ0v) is 8.37. The molecule has 0 bridgehead atoms. The zero-order chi connectivity index (χ0) is 9.40. The molecule has 0 N–H and O–H groups in total. The van der Waals surface area contributed by atoms with Gasteiger partial charge in [0.05, 0.1) is 6.61 Å². The molecule has 0 unspecified atom stereocenters. The summed E-state index contributed by atoms with van der Waals surface area (Å²) >= 11 is 0. The molecular weight excluding hydrogens is 152 g/mol. The van der Waals surface area contributed by atoms with E-state index in [-0.39, 0.29) is 0 Å². The Morgan fingerprint density at radius 1 is 1.42 bits per heavy atom. The van der Waals surface area contributed by atoms with Crippen LogP contribution in [-0.2, 0) is 6.54 Å². The molecule has 1 heterocycles. The van der Waals surface area contributed by atoms with E-state index >= 15 is 0 Å². The van der Waals surface area contributed by atoms with Crippen molar-refractivity contribution >= 4 is 0 Å². The maximum Gasteiger partial charge on any atom is 0.232 e. The first-order chi connectivity index (χ1) is 5.86. The average Bonchev–Trinajstić information content (AvgIpc) is 2.57. The maximum absolute atomic E-state index is 5.16. The Morgan fingerprint density at radius 2 is 2.08 bits per heavy atom. The lowest BCUT2D eigenvalue weighted by Crippen LogP contribution is -1.96. The van der Waals surface area contributed by atoms with E-state index in [1.54, 1.807) is 0 Å². The third-order valence-electron chi connectivity index (χ3n) is 1.23. The fraction of sp³-hybridized carbons (Fsp3) is 0.667. The second-order valence-electron chi connectivity index (χ2n) is 1.94. The molecule has 3 nitrogen and oxygen atoms in total. The summed E-state index contributed by atoms with van der Waals surface area (Å²) in [5, 5.41) is 4.11. The summed E-state index contributed by atoms with van der Waals surface area (Å²) in [5.41, 5.74) is 0. The molecule has 1 aromatic heterocycles. The van der Waals surface area contributed by atoms with Gasteiger partial charge in [0.15, 0.2) is 0 Å². The monoisotopic (exact) mass is 170 g/mol. The van der Waals surface area contributed by atoms with E-state index < -0.39 is 0 Å². The van der Waals surface area contributed by atoms with Gasteiger partial charge >= 0.3 is 0 Å². The quantitative estimate of drug-likeness (QED) is 0.696. The fourth-order valence-corrected chi connectivity index (χ4v) is 0.744. The van der Waals surface area contributed by atoms with Crippen LogP contribution >= 0.6 is 0 Å². The van der Waals surface area contributed by atoms with Gasteiger partial charge in [0.2, 0.25) is 5.88 Å². The molecule has 0 aromatic carbocycles. The first kappa shape index (κ1) is 11.0. The van der Waals surface area contributed by atoms with Crippen LogP contribution in [-0.4, -0.2) is 16.4 Å². The minimum Gasteiger partial charge on any atom is -0.477 e. The minimum atomic E-state index is 0.681. The van der Waals surface area contributed by atoms with Crippen molar-refractivity contribution in [2.24, 2.45) is 0 Å². The molecule has 0 fully saturated rings. The molecule has 0 saturated carbocycles. The van der Waals surface area contributed by atoms with E-state index in [2.05, 4.69) is 5.10 Å².